The highest BCUT2D eigenvalue weighted by Crippen LogP contribution is 2.32. The van der Waals surface area contributed by atoms with E-state index in [2.05, 4.69) is 10.4 Å². The summed E-state index contributed by atoms with van der Waals surface area (Å²) in [6.07, 6.45) is 2.43. The lowest BCUT2D eigenvalue weighted by atomic mass is 9.77. The van der Waals surface area contributed by atoms with Crippen LogP contribution in [0.25, 0.3) is 0 Å². The molecule has 0 spiro atoms. The van der Waals surface area contributed by atoms with E-state index < -0.39 is 11.5 Å². The molecule has 0 unspecified atom stereocenters. The first-order valence-corrected chi connectivity index (χ1v) is 5.51. The maximum Gasteiger partial charge on any atom is 0.323 e. The van der Waals surface area contributed by atoms with Crippen molar-refractivity contribution in [3.8, 4) is 0 Å². The van der Waals surface area contributed by atoms with Gasteiger partial charge in [0.2, 0.25) is 0 Å². The first-order chi connectivity index (χ1) is 7.53. The van der Waals surface area contributed by atoms with Crippen LogP contribution in [0.4, 0.5) is 0 Å². The van der Waals surface area contributed by atoms with Crippen LogP contribution in [0.5, 0.6) is 0 Å². The molecule has 1 aliphatic rings. The highest BCUT2D eigenvalue weighted by molar-refractivity contribution is 5.79. The second-order valence-corrected chi connectivity index (χ2v) is 4.50. The zero-order valence-corrected chi connectivity index (χ0v) is 9.66. The van der Waals surface area contributed by atoms with Crippen LogP contribution < -0.4 is 5.32 Å². The Bertz CT molecular complexity index is 407. The van der Waals surface area contributed by atoms with Gasteiger partial charge in [-0.3, -0.25) is 14.8 Å². The monoisotopic (exact) mass is 223 g/mol. The molecule has 1 saturated carbocycles. The molecule has 0 aliphatic heterocycles. The van der Waals surface area contributed by atoms with Crippen LogP contribution in [0.2, 0.25) is 0 Å². The standard InChI is InChI=1S/C11H17N3O2/c1-8-6-9(14(2)13-8)7-12-11(10(15)16)4-3-5-11/h6,12H,3-5,7H2,1-2H3,(H,15,16). The minimum Gasteiger partial charge on any atom is -0.480 e. The zero-order valence-electron chi connectivity index (χ0n) is 9.66. The quantitative estimate of drug-likeness (QED) is 0.793. The van der Waals surface area contributed by atoms with Crippen molar-refractivity contribution in [2.24, 2.45) is 7.05 Å². The number of carboxylic acid groups (broad SMARTS) is 1. The van der Waals surface area contributed by atoms with Gasteiger partial charge in [-0.1, -0.05) is 0 Å². The van der Waals surface area contributed by atoms with Crippen molar-refractivity contribution in [1.29, 1.82) is 0 Å². The molecule has 5 heteroatoms. The smallest absolute Gasteiger partial charge is 0.323 e. The Morgan fingerprint density at radius 3 is 2.75 bits per heavy atom. The van der Waals surface area contributed by atoms with Crippen LogP contribution in [0.15, 0.2) is 6.07 Å². The Balaban J connectivity index is 2.01. The fourth-order valence-electron chi connectivity index (χ4n) is 2.09. The van der Waals surface area contributed by atoms with Crippen molar-refractivity contribution in [3.05, 3.63) is 17.5 Å². The van der Waals surface area contributed by atoms with Crippen LogP contribution in [0.1, 0.15) is 30.7 Å². The number of rotatable bonds is 4. The Morgan fingerprint density at radius 1 is 1.69 bits per heavy atom. The van der Waals surface area contributed by atoms with E-state index in [1.807, 2.05) is 20.0 Å². The van der Waals surface area contributed by atoms with Gasteiger partial charge in [0.1, 0.15) is 5.54 Å². The molecular weight excluding hydrogens is 206 g/mol. The number of aryl methyl sites for hydroxylation is 2. The van der Waals surface area contributed by atoms with E-state index in [4.69, 9.17) is 5.11 Å². The summed E-state index contributed by atoms with van der Waals surface area (Å²) in [6.45, 7) is 2.49. The summed E-state index contributed by atoms with van der Waals surface area (Å²) in [5, 5.41) is 16.5. The predicted octanol–water partition coefficient (Wildman–Crippen LogP) is 0.825. The fourth-order valence-corrected chi connectivity index (χ4v) is 2.09. The Kier molecular flexibility index (Phi) is 2.71. The minimum atomic E-state index is -0.738. The van der Waals surface area contributed by atoms with Gasteiger partial charge in [-0.2, -0.15) is 5.10 Å². The van der Waals surface area contributed by atoms with Gasteiger partial charge in [0.25, 0.3) is 0 Å². The number of carbonyl (C=O) groups is 1. The van der Waals surface area contributed by atoms with E-state index in [1.165, 1.54) is 0 Å². The molecule has 1 aliphatic carbocycles. The third kappa shape index (κ3) is 1.82. The van der Waals surface area contributed by atoms with Crippen molar-refractivity contribution in [2.75, 3.05) is 0 Å². The van der Waals surface area contributed by atoms with Gasteiger partial charge >= 0.3 is 5.97 Å². The van der Waals surface area contributed by atoms with Crippen molar-refractivity contribution >= 4 is 5.97 Å². The molecule has 0 saturated heterocycles. The molecule has 0 atom stereocenters. The lowest BCUT2D eigenvalue weighted by molar-refractivity contribution is -0.148. The Labute approximate surface area is 94.5 Å². The molecule has 1 aromatic heterocycles. The Hall–Kier alpha value is -1.36. The van der Waals surface area contributed by atoms with E-state index in [9.17, 15) is 4.79 Å². The zero-order chi connectivity index (χ0) is 11.8. The number of hydrogen-bond donors (Lipinski definition) is 2. The summed E-state index contributed by atoms with van der Waals surface area (Å²) in [5.74, 6) is -0.738. The average molecular weight is 223 g/mol. The van der Waals surface area contributed by atoms with Crippen LogP contribution in [-0.2, 0) is 18.4 Å². The minimum absolute atomic E-state index is 0.559. The molecule has 0 bridgehead atoms. The molecule has 1 heterocycles. The normalized spacial score (nSPS) is 18.1. The van der Waals surface area contributed by atoms with Gasteiger partial charge < -0.3 is 5.11 Å². The molecule has 0 aromatic carbocycles. The maximum atomic E-state index is 11.1. The van der Waals surface area contributed by atoms with Crippen LogP contribution >= 0.6 is 0 Å². The summed E-state index contributed by atoms with van der Waals surface area (Å²) in [4.78, 5) is 11.1. The Morgan fingerprint density at radius 2 is 2.38 bits per heavy atom. The van der Waals surface area contributed by atoms with Gasteiger partial charge in [0.15, 0.2) is 0 Å². The lowest BCUT2D eigenvalue weighted by Gasteiger charge is -2.38. The summed E-state index contributed by atoms with van der Waals surface area (Å²) < 4.78 is 1.79. The van der Waals surface area contributed by atoms with E-state index in [0.29, 0.717) is 6.54 Å². The SMILES string of the molecule is Cc1cc(CNC2(C(=O)O)CCC2)n(C)n1. The number of carboxylic acids is 1. The summed E-state index contributed by atoms with van der Waals surface area (Å²) >= 11 is 0. The van der Waals surface area contributed by atoms with Gasteiger partial charge in [-0.25, -0.2) is 0 Å². The second kappa shape index (κ2) is 3.90. The molecule has 2 N–H and O–H groups in total. The average Bonchev–Trinajstić information content (AvgIpc) is 2.42. The van der Waals surface area contributed by atoms with E-state index in [-0.39, 0.29) is 0 Å². The van der Waals surface area contributed by atoms with Gasteiger partial charge in [0.05, 0.1) is 11.4 Å². The van der Waals surface area contributed by atoms with Crippen LogP contribution in [-0.4, -0.2) is 26.4 Å². The third-order valence-corrected chi connectivity index (χ3v) is 3.32. The molecule has 88 valence electrons. The van der Waals surface area contributed by atoms with Crippen LogP contribution in [0, 0.1) is 6.92 Å². The molecule has 0 radical (unpaired) electrons. The molecule has 5 nitrogen and oxygen atoms in total. The lowest BCUT2D eigenvalue weighted by Crippen LogP contribution is -2.56. The van der Waals surface area contributed by atoms with E-state index in [1.54, 1.807) is 4.68 Å². The van der Waals surface area contributed by atoms with E-state index >= 15 is 0 Å². The number of hydrogen-bond acceptors (Lipinski definition) is 3. The van der Waals surface area contributed by atoms with Gasteiger partial charge in [-0.15, -0.1) is 0 Å². The number of aromatic nitrogens is 2. The van der Waals surface area contributed by atoms with Gasteiger partial charge in [0, 0.05) is 13.6 Å². The number of nitrogens with zero attached hydrogens (tertiary/aromatic N) is 2. The van der Waals surface area contributed by atoms with Crippen molar-refractivity contribution in [3.63, 3.8) is 0 Å². The molecule has 1 aromatic rings. The van der Waals surface area contributed by atoms with Crippen molar-refractivity contribution < 1.29 is 9.90 Å². The topological polar surface area (TPSA) is 67.2 Å². The molecule has 1 fully saturated rings. The largest absolute Gasteiger partial charge is 0.480 e. The molecular formula is C11H17N3O2. The second-order valence-electron chi connectivity index (χ2n) is 4.50. The first-order valence-electron chi connectivity index (χ1n) is 5.51. The first kappa shape index (κ1) is 11.1. The van der Waals surface area contributed by atoms with E-state index in [0.717, 1.165) is 30.7 Å². The molecule has 16 heavy (non-hydrogen) atoms. The third-order valence-electron chi connectivity index (χ3n) is 3.32. The van der Waals surface area contributed by atoms with Crippen molar-refractivity contribution in [1.82, 2.24) is 15.1 Å². The molecule has 2 rings (SSSR count). The highest BCUT2D eigenvalue weighted by atomic mass is 16.4. The van der Waals surface area contributed by atoms with Crippen molar-refractivity contribution in [2.45, 2.75) is 38.3 Å². The van der Waals surface area contributed by atoms with Gasteiger partial charge in [-0.05, 0) is 32.3 Å². The number of nitrogens with one attached hydrogen (secondary N) is 1. The maximum absolute atomic E-state index is 11.1. The fraction of sp³-hybridized carbons (Fsp3) is 0.636. The highest BCUT2D eigenvalue weighted by Gasteiger charge is 2.43. The summed E-state index contributed by atoms with van der Waals surface area (Å²) in [5.41, 5.74) is 1.28. The summed E-state index contributed by atoms with van der Waals surface area (Å²) in [6, 6.07) is 1.97. The van der Waals surface area contributed by atoms with Crippen LogP contribution in [0.3, 0.4) is 0 Å². The predicted molar refractivity (Wildman–Crippen MR) is 59.0 cm³/mol. The summed E-state index contributed by atoms with van der Waals surface area (Å²) in [7, 11) is 1.87. The molecule has 0 amide bonds. The number of aliphatic carboxylic acids is 1.